The molecule has 2 heterocycles. The first kappa shape index (κ1) is 23.7. The summed E-state index contributed by atoms with van der Waals surface area (Å²) in [5.74, 6) is -0.150. The smallest absolute Gasteiger partial charge is 0.358 e. The first-order chi connectivity index (χ1) is 16.2. The summed E-state index contributed by atoms with van der Waals surface area (Å²) in [5, 5.41) is 4.46. The zero-order valence-electron chi connectivity index (χ0n) is 19.0. The Kier molecular flexibility index (Phi) is 6.59. The van der Waals surface area contributed by atoms with E-state index in [2.05, 4.69) is 10.3 Å². The Morgan fingerprint density at radius 3 is 2.56 bits per heavy atom. The van der Waals surface area contributed by atoms with Gasteiger partial charge in [0.25, 0.3) is 5.56 Å². The molecule has 0 fully saturated rings. The number of benzene rings is 2. The van der Waals surface area contributed by atoms with Crippen LogP contribution in [0.2, 0.25) is 10.2 Å². The van der Waals surface area contributed by atoms with Gasteiger partial charge in [0.05, 0.1) is 34.8 Å². The highest BCUT2D eigenvalue weighted by Crippen LogP contribution is 2.31. The normalized spacial score (nSPS) is 11.9. The highest BCUT2D eigenvalue weighted by Gasteiger charge is 2.21. The molecule has 4 rings (SSSR count). The van der Waals surface area contributed by atoms with Crippen LogP contribution < -0.4 is 10.9 Å². The molecule has 0 amide bonds. The van der Waals surface area contributed by atoms with Crippen molar-refractivity contribution in [3.63, 3.8) is 0 Å². The Bertz CT molecular complexity index is 1480. The number of hydrogen-bond donors (Lipinski definition) is 1. The van der Waals surface area contributed by atoms with Crippen LogP contribution >= 0.6 is 23.2 Å². The number of hydrogen-bond acceptors (Lipinski definition) is 6. The SMILES string of the molecule is COC(=O)c1nc(Cl)ccc1N[C@H](C)c1cc(C)cc2c(=O)n(C)c(-c3ccccc3Cl)nc12. The van der Waals surface area contributed by atoms with E-state index in [1.165, 1.54) is 11.7 Å². The number of carbonyl (C=O) groups excluding carboxylic acids is 1. The molecule has 0 unspecified atom stereocenters. The van der Waals surface area contributed by atoms with Gasteiger partial charge in [-0.25, -0.2) is 14.8 Å². The van der Waals surface area contributed by atoms with Gasteiger partial charge in [-0.3, -0.25) is 9.36 Å². The molecule has 4 aromatic rings. The lowest BCUT2D eigenvalue weighted by atomic mass is 10.0. The first-order valence-corrected chi connectivity index (χ1v) is 11.2. The van der Waals surface area contributed by atoms with Crippen LogP contribution in [0.3, 0.4) is 0 Å². The second kappa shape index (κ2) is 9.44. The van der Waals surface area contributed by atoms with Crippen LogP contribution in [-0.4, -0.2) is 27.6 Å². The minimum absolute atomic E-state index is 0.0689. The Hall–Kier alpha value is -3.42. The molecular weight excluding hydrogens is 475 g/mol. The molecule has 1 N–H and O–H groups in total. The van der Waals surface area contributed by atoms with Crippen LogP contribution in [0, 0.1) is 6.92 Å². The Labute approximate surface area is 206 Å². The van der Waals surface area contributed by atoms with Gasteiger partial charge >= 0.3 is 5.97 Å². The van der Waals surface area contributed by atoms with Gasteiger partial charge in [0.1, 0.15) is 11.0 Å². The number of fused-ring (bicyclic) bond motifs is 1. The van der Waals surface area contributed by atoms with Crippen molar-refractivity contribution in [2.75, 3.05) is 12.4 Å². The van der Waals surface area contributed by atoms with Crippen molar-refractivity contribution in [3.8, 4) is 11.4 Å². The van der Waals surface area contributed by atoms with Crippen LogP contribution in [0.25, 0.3) is 22.3 Å². The molecule has 0 saturated carbocycles. The number of rotatable bonds is 5. The third kappa shape index (κ3) is 4.36. The fourth-order valence-electron chi connectivity index (χ4n) is 3.88. The molecule has 0 spiro atoms. The van der Waals surface area contributed by atoms with Gasteiger partial charge in [-0.15, -0.1) is 0 Å². The van der Waals surface area contributed by atoms with E-state index in [4.69, 9.17) is 32.9 Å². The van der Waals surface area contributed by atoms with Gasteiger partial charge in [0.15, 0.2) is 5.69 Å². The number of esters is 1. The molecule has 0 radical (unpaired) electrons. The average molecular weight is 497 g/mol. The number of nitrogens with one attached hydrogen (secondary N) is 1. The van der Waals surface area contributed by atoms with Gasteiger partial charge in [-0.05, 0) is 49.7 Å². The summed E-state index contributed by atoms with van der Waals surface area (Å²) >= 11 is 12.4. The van der Waals surface area contributed by atoms with E-state index in [0.717, 1.165) is 11.1 Å². The summed E-state index contributed by atoms with van der Waals surface area (Å²) in [6.45, 7) is 3.83. The highest BCUT2D eigenvalue weighted by molar-refractivity contribution is 6.33. The number of anilines is 1. The van der Waals surface area contributed by atoms with Crippen LogP contribution in [0.1, 0.15) is 34.6 Å². The minimum Gasteiger partial charge on any atom is -0.464 e. The number of aryl methyl sites for hydroxylation is 1. The molecule has 174 valence electrons. The topological polar surface area (TPSA) is 86.1 Å². The molecule has 9 heteroatoms. The van der Waals surface area contributed by atoms with Gasteiger partial charge in [0, 0.05) is 18.2 Å². The third-order valence-electron chi connectivity index (χ3n) is 5.55. The zero-order chi connectivity index (χ0) is 24.6. The molecule has 2 aromatic heterocycles. The summed E-state index contributed by atoms with van der Waals surface area (Å²) < 4.78 is 6.35. The second-order valence-corrected chi connectivity index (χ2v) is 8.71. The number of nitrogens with zero attached hydrogens (tertiary/aromatic N) is 3. The maximum atomic E-state index is 13.3. The van der Waals surface area contributed by atoms with Crippen LogP contribution in [0.15, 0.2) is 53.3 Å². The quantitative estimate of drug-likeness (QED) is 0.287. The molecule has 0 aliphatic carbocycles. The number of carbonyl (C=O) groups is 1. The van der Waals surface area contributed by atoms with Gasteiger partial charge < -0.3 is 10.1 Å². The second-order valence-electron chi connectivity index (χ2n) is 7.92. The third-order valence-corrected chi connectivity index (χ3v) is 6.09. The van der Waals surface area contributed by atoms with E-state index in [0.29, 0.717) is 33.0 Å². The first-order valence-electron chi connectivity index (χ1n) is 10.5. The maximum absolute atomic E-state index is 13.3. The van der Waals surface area contributed by atoms with E-state index in [-0.39, 0.29) is 22.4 Å². The Balaban J connectivity index is 1.89. The van der Waals surface area contributed by atoms with Crippen LogP contribution in [0.4, 0.5) is 5.69 Å². The predicted octanol–water partition coefficient (Wildman–Crippen LogP) is 5.57. The minimum atomic E-state index is -0.612. The zero-order valence-corrected chi connectivity index (χ0v) is 20.5. The van der Waals surface area contributed by atoms with E-state index in [1.807, 2.05) is 44.2 Å². The molecule has 7 nitrogen and oxygen atoms in total. The molecule has 34 heavy (non-hydrogen) atoms. The largest absolute Gasteiger partial charge is 0.464 e. The van der Waals surface area contributed by atoms with Crippen molar-refractivity contribution in [1.82, 2.24) is 14.5 Å². The van der Waals surface area contributed by atoms with E-state index >= 15 is 0 Å². The van der Waals surface area contributed by atoms with Gasteiger partial charge in [-0.2, -0.15) is 0 Å². The summed E-state index contributed by atoms with van der Waals surface area (Å²) in [5.41, 5.74) is 3.24. The monoisotopic (exact) mass is 496 g/mol. The van der Waals surface area contributed by atoms with Gasteiger partial charge in [0.2, 0.25) is 0 Å². The summed E-state index contributed by atoms with van der Waals surface area (Å²) in [4.78, 5) is 34.5. The number of aromatic nitrogens is 3. The van der Waals surface area contributed by atoms with Crippen LogP contribution in [-0.2, 0) is 11.8 Å². The van der Waals surface area contributed by atoms with Gasteiger partial charge in [-0.1, -0.05) is 41.4 Å². The van der Waals surface area contributed by atoms with Crippen LogP contribution in [0.5, 0.6) is 0 Å². The fourth-order valence-corrected chi connectivity index (χ4v) is 4.25. The number of ether oxygens (including phenoxy) is 1. The van der Waals surface area contributed by atoms with Crippen molar-refractivity contribution in [3.05, 3.63) is 85.9 Å². The fraction of sp³-hybridized carbons (Fsp3) is 0.200. The summed E-state index contributed by atoms with van der Waals surface area (Å²) in [6, 6.07) is 13.9. The number of pyridine rings is 1. The standard InChI is InChI=1S/C25H22Cl2N4O3/c1-13-11-16(14(2)28-19-9-10-20(27)29-22(19)25(33)34-4)21-17(12-13)24(32)31(3)23(30-21)15-7-5-6-8-18(15)26/h5-12,14,28H,1-4H3/t14-/m1/s1. The molecule has 0 aliphatic heterocycles. The average Bonchev–Trinajstić information content (AvgIpc) is 2.82. The molecule has 2 aromatic carbocycles. The number of methoxy groups -OCH3 is 1. The maximum Gasteiger partial charge on any atom is 0.358 e. The summed E-state index contributed by atoms with van der Waals surface area (Å²) in [7, 11) is 2.96. The van der Waals surface area contributed by atoms with Crippen molar-refractivity contribution in [1.29, 1.82) is 0 Å². The van der Waals surface area contributed by atoms with E-state index < -0.39 is 5.97 Å². The lowest BCUT2D eigenvalue weighted by molar-refractivity contribution is 0.0595. The van der Waals surface area contributed by atoms with E-state index in [9.17, 15) is 9.59 Å². The Morgan fingerprint density at radius 2 is 1.85 bits per heavy atom. The van der Waals surface area contributed by atoms with Crippen molar-refractivity contribution in [2.24, 2.45) is 7.05 Å². The lowest BCUT2D eigenvalue weighted by Gasteiger charge is -2.20. The molecule has 0 aliphatic rings. The molecule has 1 atom stereocenters. The molecule has 0 bridgehead atoms. The lowest BCUT2D eigenvalue weighted by Crippen LogP contribution is -2.22. The predicted molar refractivity (Wildman–Crippen MR) is 135 cm³/mol. The van der Waals surface area contributed by atoms with Crippen molar-refractivity contribution < 1.29 is 9.53 Å². The van der Waals surface area contributed by atoms with Crippen molar-refractivity contribution >= 4 is 45.8 Å². The Morgan fingerprint density at radius 1 is 1.12 bits per heavy atom. The highest BCUT2D eigenvalue weighted by atomic mass is 35.5. The molecular formula is C25H22Cl2N4O3. The summed E-state index contributed by atoms with van der Waals surface area (Å²) in [6.07, 6.45) is 0. The molecule has 0 saturated heterocycles. The number of halogens is 2. The van der Waals surface area contributed by atoms with E-state index in [1.54, 1.807) is 25.2 Å². The van der Waals surface area contributed by atoms with Crippen molar-refractivity contribution in [2.45, 2.75) is 19.9 Å².